The molecule has 1 aromatic carbocycles. The third-order valence-corrected chi connectivity index (χ3v) is 4.01. The van der Waals surface area contributed by atoms with Crippen LogP contribution in [0, 0.1) is 0 Å². The van der Waals surface area contributed by atoms with Crippen molar-refractivity contribution in [3.63, 3.8) is 0 Å². The van der Waals surface area contributed by atoms with Crippen molar-refractivity contribution in [3.8, 4) is 0 Å². The summed E-state index contributed by atoms with van der Waals surface area (Å²) in [7, 11) is 0. The van der Waals surface area contributed by atoms with Crippen molar-refractivity contribution in [2.45, 2.75) is 5.88 Å². The standard InChI is InChI=1S/C12H9BrClNOS/c13-11-5-9(7-17-11)12(16)15-10-3-1-8(6-14)2-4-10/h1-5,7H,6H2,(H,15,16). The largest absolute Gasteiger partial charge is 0.322 e. The summed E-state index contributed by atoms with van der Waals surface area (Å²) >= 11 is 10.5. The van der Waals surface area contributed by atoms with E-state index in [0.717, 1.165) is 15.0 Å². The number of benzene rings is 1. The second-order valence-electron chi connectivity index (χ2n) is 3.42. The number of alkyl halides is 1. The van der Waals surface area contributed by atoms with E-state index in [2.05, 4.69) is 21.2 Å². The van der Waals surface area contributed by atoms with E-state index in [1.165, 1.54) is 11.3 Å². The smallest absolute Gasteiger partial charge is 0.256 e. The molecule has 0 saturated heterocycles. The highest BCUT2D eigenvalue weighted by atomic mass is 79.9. The highest BCUT2D eigenvalue weighted by Gasteiger charge is 2.07. The maximum atomic E-state index is 11.8. The summed E-state index contributed by atoms with van der Waals surface area (Å²) in [5.41, 5.74) is 2.46. The number of anilines is 1. The van der Waals surface area contributed by atoms with Gasteiger partial charge in [0.2, 0.25) is 0 Å². The molecule has 1 heterocycles. The minimum absolute atomic E-state index is 0.106. The van der Waals surface area contributed by atoms with Crippen molar-refractivity contribution < 1.29 is 4.79 Å². The number of carbonyl (C=O) groups excluding carboxylic acids is 1. The lowest BCUT2D eigenvalue weighted by atomic mass is 10.2. The van der Waals surface area contributed by atoms with Crippen molar-refractivity contribution in [3.05, 3.63) is 50.6 Å². The van der Waals surface area contributed by atoms with Crippen LogP contribution >= 0.6 is 38.9 Å². The Morgan fingerprint density at radius 3 is 2.59 bits per heavy atom. The average molecular weight is 331 g/mol. The van der Waals surface area contributed by atoms with Crippen LogP contribution < -0.4 is 5.32 Å². The Balaban J connectivity index is 2.07. The quantitative estimate of drug-likeness (QED) is 0.825. The van der Waals surface area contributed by atoms with E-state index in [0.29, 0.717) is 11.4 Å². The molecule has 2 aromatic rings. The summed E-state index contributed by atoms with van der Waals surface area (Å²) in [4.78, 5) is 11.8. The Morgan fingerprint density at radius 2 is 2.06 bits per heavy atom. The monoisotopic (exact) mass is 329 g/mol. The minimum Gasteiger partial charge on any atom is -0.322 e. The van der Waals surface area contributed by atoms with Gasteiger partial charge in [-0.25, -0.2) is 0 Å². The first kappa shape index (κ1) is 12.6. The van der Waals surface area contributed by atoms with Gasteiger partial charge in [0.15, 0.2) is 0 Å². The van der Waals surface area contributed by atoms with Crippen LogP contribution in [-0.4, -0.2) is 5.91 Å². The van der Waals surface area contributed by atoms with Gasteiger partial charge in [-0.05, 0) is 39.7 Å². The number of hydrogen-bond acceptors (Lipinski definition) is 2. The topological polar surface area (TPSA) is 29.1 Å². The molecule has 0 spiro atoms. The third-order valence-electron chi connectivity index (χ3n) is 2.20. The lowest BCUT2D eigenvalue weighted by Crippen LogP contribution is -2.10. The normalized spacial score (nSPS) is 10.2. The Morgan fingerprint density at radius 1 is 1.35 bits per heavy atom. The van der Waals surface area contributed by atoms with Gasteiger partial charge in [-0.3, -0.25) is 4.79 Å². The second kappa shape index (κ2) is 5.67. The molecule has 5 heteroatoms. The van der Waals surface area contributed by atoms with Crippen LogP contribution in [0.5, 0.6) is 0 Å². The van der Waals surface area contributed by atoms with Crippen molar-refractivity contribution in [1.29, 1.82) is 0 Å². The number of rotatable bonds is 3. The van der Waals surface area contributed by atoms with Gasteiger partial charge >= 0.3 is 0 Å². The molecular weight excluding hydrogens is 322 g/mol. The fourth-order valence-electron chi connectivity index (χ4n) is 1.31. The predicted octanol–water partition coefficient (Wildman–Crippen LogP) is 4.50. The van der Waals surface area contributed by atoms with Crippen molar-refractivity contribution in [2.75, 3.05) is 5.32 Å². The van der Waals surface area contributed by atoms with Crippen LogP contribution in [0.2, 0.25) is 0 Å². The van der Waals surface area contributed by atoms with Crippen LogP contribution in [0.25, 0.3) is 0 Å². The molecule has 2 rings (SSSR count). The van der Waals surface area contributed by atoms with Gasteiger partial charge in [-0.1, -0.05) is 12.1 Å². The Hall–Kier alpha value is -0.840. The van der Waals surface area contributed by atoms with E-state index in [4.69, 9.17) is 11.6 Å². The van der Waals surface area contributed by atoms with Crippen LogP contribution in [0.1, 0.15) is 15.9 Å². The Bertz CT molecular complexity index is 524. The summed E-state index contributed by atoms with van der Waals surface area (Å²) < 4.78 is 0.945. The second-order valence-corrected chi connectivity index (χ2v) is 5.98. The van der Waals surface area contributed by atoms with E-state index in [-0.39, 0.29) is 5.91 Å². The van der Waals surface area contributed by atoms with Gasteiger partial charge in [0.1, 0.15) is 0 Å². The summed E-state index contributed by atoms with van der Waals surface area (Å²) in [6.45, 7) is 0. The van der Waals surface area contributed by atoms with E-state index in [1.54, 1.807) is 6.07 Å². The first-order chi connectivity index (χ1) is 8.19. The Labute approximate surface area is 117 Å². The summed E-state index contributed by atoms with van der Waals surface area (Å²) in [6, 6.07) is 9.28. The molecular formula is C12H9BrClNOS. The van der Waals surface area contributed by atoms with Gasteiger partial charge in [0.25, 0.3) is 5.91 Å². The molecule has 1 aromatic heterocycles. The van der Waals surface area contributed by atoms with Gasteiger partial charge in [0, 0.05) is 16.9 Å². The molecule has 0 aliphatic carbocycles. The van der Waals surface area contributed by atoms with Crippen LogP contribution in [0.4, 0.5) is 5.69 Å². The molecule has 88 valence electrons. The van der Waals surface area contributed by atoms with Crippen molar-refractivity contribution in [1.82, 2.24) is 0 Å². The number of hydrogen-bond donors (Lipinski definition) is 1. The fourth-order valence-corrected chi connectivity index (χ4v) is 2.62. The maximum absolute atomic E-state index is 11.8. The van der Waals surface area contributed by atoms with Gasteiger partial charge in [-0.2, -0.15) is 0 Å². The van der Waals surface area contributed by atoms with Gasteiger partial charge in [0.05, 0.1) is 9.35 Å². The molecule has 0 fully saturated rings. The number of thiophene rings is 1. The lowest BCUT2D eigenvalue weighted by Gasteiger charge is -2.04. The van der Waals surface area contributed by atoms with E-state index < -0.39 is 0 Å². The average Bonchev–Trinajstić information content (AvgIpc) is 2.77. The summed E-state index contributed by atoms with van der Waals surface area (Å²) in [5, 5.41) is 4.64. The van der Waals surface area contributed by atoms with Crippen molar-refractivity contribution in [2.24, 2.45) is 0 Å². The van der Waals surface area contributed by atoms with Crippen LogP contribution in [0.3, 0.4) is 0 Å². The zero-order valence-corrected chi connectivity index (χ0v) is 11.9. The highest BCUT2D eigenvalue weighted by molar-refractivity contribution is 9.11. The van der Waals surface area contributed by atoms with Crippen LogP contribution in [-0.2, 0) is 5.88 Å². The van der Waals surface area contributed by atoms with Crippen LogP contribution in [0.15, 0.2) is 39.5 Å². The molecule has 2 nitrogen and oxygen atoms in total. The number of halogens is 2. The Kier molecular flexibility index (Phi) is 4.20. The maximum Gasteiger partial charge on any atom is 0.256 e. The lowest BCUT2D eigenvalue weighted by molar-refractivity contribution is 0.102. The molecule has 0 aliphatic rings. The molecule has 0 saturated carbocycles. The first-order valence-electron chi connectivity index (χ1n) is 4.89. The van der Waals surface area contributed by atoms with Gasteiger partial charge < -0.3 is 5.32 Å². The summed E-state index contributed by atoms with van der Waals surface area (Å²) in [5.74, 6) is 0.372. The van der Waals surface area contributed by atoms with E-state index >= 15 is 0 Å². The minimum atomic E-state index is -0.106. The molecule has 0 bridgehead atoms. The summed E-state index contributed by atoms with van der Waals surface area (Å²) in [6.07, 6.45) is 0. The molecule has 0 aliphatic heterocycles. The SMILES string of the molecule is O=C(Nc1ccc(CCl)cc1)c1csc(Br)c1. The van der Waals surface area contributed by atoms with E-state index in [1.807, 2.05) is 29.6 Å². The third kappa shape index (κ3) is 3.31. The first-order valence-corrected chi connectivity index (χ1v) is 7.10. The zero-order valence-electron chi connectivity index (χ0n) is 8.74. The number of amides is 1. The zero-order chi connectivity index (χ0) is 12.3. The van der Waals surface area contributed by atoms with Crippen molar-refractivity contribution >= 4 is 50.5 Å². The predicted molar refractivity (Wildman–Crippen MR) is 76.0 cm³/mol. The molecule has 0 unspecified atom stereocenters. The molecule has 0 radical (unpaired) electrons. The highest BCUT2D eigenvalue weighted by Crippen LogP contribution is 2.21. The molecule has 1 amide bonds. The molecule has 0 atom stereocenters. The number of carbonyl (C=O) groups is 1. The number of nitrogens with one attached hydrogen (secondary N) is 1. The fraction of sp³-hybridized carbons (Fsp3) is 0.0833. The molecule has 1 N–H and O–H groups in total. The van der Waals surface area contributed by atoms with E-state index in [9.17, 15) is 4.79 Å². The molecule has 17 heavy (non-hydrogen) atoms. The van der Waals surface area contributed by atoms with Gasteiger partial charge in [-0.15, -0.1) is 22.9 Å².